The summed E-state index contributed by atoms with van der Waals surface area (Å²) < 4.78 is 15.8. The predicted molar refractivity (Wildman–Crippen MR) is 100 cm³/mol. The van der Waals surface area contributed by atoms with Gasteiger partial charge in [-0.05, 0) is 31.4 Å². The molecule has 1 aliphatic carbocycles. The van der Waals surface area contributed by atoms with Gasteiger partial charge in [-0.2, -0.15) is 5.10 Å². The Morgan fingerprint density at radius 3 is 2.85 bits per heavy atom. The molecule has 134 valence electrons. The number of hydrogen-bond donors (Lipinski definition) is 2. The van der Waals surface area contributed by atoms with E-state index in [1.54, 1.807) is 4.52 Å². The normalized spacial score (nSPS) is 19.8. The minimum Gasteiger partial charge on any atom is -0.377 e. The number of carbonyl (C=O) groups is 1. The number of anilines is 1. The molecule has 0 saturated heterocycles. The molecule has 26 heavy (non-hydrogen) atoms. The van der Waals surface area contributed by atoms with Crippen molar-refractivity contribution < 1.29 is 9.18 Å². The highest BCUT2D eigenvalue weighted by Crippen LogP contribution is 2.34. The molecular weight excluding hydrogens is 355 g/mol. The number of nitrogens with two attached hydrogens (primary N) is 1. The number of amides is 1. The first-order valence-corrected chi connectivity index (χ1v) is 8.89. The number of aromatic nitrogens is 2. The van der Waals surface area contributed by atoms with Crippen LogP contribution in [0.15, 0.2) is 42.7 Å². The van der Waals surface area contributed by atoms with E-state index in [9.17, 15) is 9.18 Å². The quantitative estimate of drug-likeness (QED) is 0.725. The fraction of sp³-hybridized carbons (Fsp3) is 0.263. The molecule has 7 heteroatoms. The number of hydrogen-bond acceptors (Lipinski definition) is 3. The van der Waals surface area contributed by atoms with Crippen molar-refractivity contribution in [1.29, 1.82) is 0 Å². The van der Waals surface area contributed by atoms with Gasteiger partial charge in [0.05, 0.1) is 29.0 Å². The summed E-state index contributed by atoms with van der Waals surface area (Å²) in [5.74, 6) is -0.601. The molecule has 1 aromatic carbocycles. The molecule has 1 saturated carbocycles. The van der Waals surface area contributed by atoms with E-state index < -0.39 is 12.1 Å². The van der Waals surface area contributed by atoms with E-state index in [1.165, 1.54) is 6.20 Å². The molecule has 1 fully saturated rings. The van der Waals surface area contributed by atoms with Crippen LogP contribution in [-0.4, -0.2) is 27.7 Å². The number of benzene rings is 1. The molecule has 0 bridgehead atoms. The zero-order valence-electron chi connectivity index (χ0n) is 14.0. The number of nitrogens with zero attached hydrogens (tertiary/aromatic N) is 2. The monoisotopic (exact) mass is 372 g/mol. The molecule has 0 radical (unpaired) electrons. The van der Waals surface area contributed by atoms with Crippen LogP contribution in [0.5, 0.6) is 0 Å². The summed E-state index contributed by atoms with van der Waals surface area (Å²) in [6, 6.07) is 9.03. The second kappa shape index (κ2) is 6.61. The van der Waals surface area contributed by atoms with Crippen LogP contribution in [0.2, 0.25) is 5.02 Å². The Bertz CT molecular complexity index is 987. The maximum absolute atomic E-state index is 14.1. The third kappa shape index (κ3) is 2.90. The minimum absolute atomic E-state index is 0.250. The van der Waals surface area contributed by atoms with Crippen LogP contribution in [0.25, 0.3) is 16.6 Å². The SMILES string of the molecule is NC(=O)c1cnn2cc(-c3ccccc3Cl)cc2c1N[C@@H]1CCC[C@@H]1F. The van der Waals surface area contributed by atoms with Crippen LogP contribution in [0.1, 0.15) is 29.6 Å². The van der Waals surface area contributed by atoms with Crippen molar-refractivity contribution in [3.63, 3.8) is 0 Å². The topological polar surface area (TPSA) is 72.4 Å². The van der Waals surface area contributed by atoms with Crippen LogP contribution < -0.4 is 11.1 Å². The first kappa shape index (κ1) is 16.8. The number of carbonyl (C=O) groups excluding carboxylic acids is 1. The summed E-state index contributed by atoms with van der Waals surface area (Å²) in [4.78, 5) is 11.9. The molecule has 2 atom stereocenters. The minimum atomic E-state index is -0.943. The summed E-state index contributed by atoms with van der Waals surface area (Å²) in [6.07, 6.45) is 4.35. The van der Waals surface area contributed by atoms with E-state index >= 15 is 0 Å². The fourth-order valence-corrected chi connectivity index (χ4v) is 3.75. The van der Waals surface area contributed by atoms with Gasteiger partial charge in [0, 0.05) is 22.3 Å². The highest BCUT2D eigenvalue weighted by atomic mass is 35.5. The molecule has 2 aromatic heterocycles. The summed E-state index contributed by atoms with van der Waals surface area (Å²) in [5.41, 5.74) is 8.65. The maximum Gasteiger partial charge on any atom is 0.252 e. The Labute approximate surface area is 154 Å². The van der Waals surface area contributed by atoms with Crippen molar-refractivity contribution in [1.82, 2.24) is 9.61 Å². The van der Waals surface area contributed by atoms with E-state index in [-0.39, 0.29) is 11.6 Å². The van der Waals surface area contributed by atoms with Crippen molar-refractivity contribution in [2.24, 2.45) is 5.73 Å². The average molecular weight is 373 g/mol. The van der Waals surface area contributed by atoms with Gasteiger partial charge in [0.2, 0.25) is 0 Å². The molecule has 2 heterocycles. The predicted octanol–water partition coefficient (Wildman–Crippen LogP) is 4.06. The lowest BCUT2D eigenvalue weighted by atomic mass is 10.1. The number of alkyl halides is 1. The second-order valence-electron chi connectivity index (χ2n) is 6.53. The van der Waals surface area contributed by atoms with E-state index in [0.29, 0.717) is 29.1 Å². The number of halogens is 2. The average Bonchev–Trinajstić information content (AvgIpc) is 3.22. The molecule has 3 N–H and O–H groups in total. The molecule has 5 nitrogen and oxygen atoms in total. The summed E-state index contributed by atoms with van der Waals surface area (Å²) in [5, 5.41) is 8.08. The second-order valence-corrected chi connectivity index (χ2v) is 6.94. The van der Waals surface area contributed by atoms with Gasteiger partial charge < -0.3 is 11.1 Å². The molecule has 3 aromatic rings. The first-order valence-electron chi connectivity index (χ1n) is 8.51. The van der Waals surface area contributed by atoms with E-state index in [0.717, 1.165) is 17.5 Å². The van der Waals surface area contributed by atoms with Crippen molar-refractivity contribution in [2.45, 2.75) is 31.5 Å². The molecule has 4 rings (SSSR count). The number of fused-ring (bicyclic) bond motifs is 1. The zero-order chi connectivity index (χ0) is 18.3. The zero-order valence-corrected chi connectivity index (χ0v) is 14.7. The van der Waals surface area contributed by atoms with Crippen LogP contribution in [0.4, 0.5) is 10.1 Å². The molecule has 0 spiro atoms. The number of nitrogens with one attached hydrogen (secondary N) is 1. The van der Waals surface area contributed by atoms with Crippen molar-refractivity contribution in [3.8, 4) is 11.1 Å². The molecule has 1 amide bonds. The summed E-state index contributed by atoms with van der Waals surface area (Å²) >= 11 is 6.30. The molecular formula is C19H18ClFN4O. The fourth-order valence-electron chi connectivity index (χ4n) is 3.50. The van der Waals surface area contributed by atoms with Gasteiger partial charge in [-0.25, -0.2) is 8.91 Å². The summed E-state index contributed by atoms with van der Waals surface area (Å²) in [6.45, 7) is 0. The Kier molecular flexibility index (Phi) is 4.28. The van der Waals surface area contributed by atoms with Crippen LogP contribution in [-0.2, 0) is 0 Å². The van der Waals surface area contributed by atoms with Gasteiger partial charge in [0.1, 0.15) is 6.17 Å². The third-order valence-electron chi connectivity index (χ3n) is 4.85. The number of rotatable bonds is 4. The Morgan fingerprint density at radius 1 is 1.35 bits per heavy atom. The van der Waals surface area contributed by atoms with E-state index in [1.807, 2.05) is 36.5 Å². The lowest BCUT2D eigenvalue weighted by Gasteiger charge is -2.19. The maximum atomic E-state index is 14.1. The number of primary amides is 1. The molecule has 1 aliphatic rings. The van der Waals surface area contributed by atoms with E-state index in [2.05, 4.69) is 10.4 Å². The van der Waals surface area contributed by atoms with Crippen molar-refractivity contribution in [2.75, 3.05) is 5.32 Å². The van der Waals surface area contributed by atoms with Gasteiger partial charge in [0.15, 0.2) is 0 Å². The third-order valence-corrected chi connectivity index (χ3v) is 5.18. The smallest absolute Gasteiger partial charge is 0.252 e. The highest BCUT2D eigenvalue weighted by Gasteiger charge is 2.29. The lowest BCUT2D eigenvalue weighted by Crippen LogP contribution is -2.27. The van der Waals surface area contributed by atoms with Gasteiger partial charge in [-0.1, -0.05) is 29.8 Å². The molecule has 0 aliphatic heterocycles. The standard InChI is InChI=1S/C19H18ClFN4O/c20-14-5-2-1-4-12(14)11-8-17-18(24-16-7-3-6-15(16)21)13(19(22)26)9-23-25(17)10-11/h1-2,4-5,8-10,15-16,24H,3,6-7H2,(H2,22,26)/t15-,16+/m0/s1. The first-order chi connectivity index (χ1) is 12.5. The Balaban J connectivity index is 1.85. The van der Waals surface area contributed by atoms with Crippen molar-refractivity contribution in [3.05, 3.63) is 53.3 Å². The molecule has 0 unspecified atom stereocenters. The van der Waals surface area contributed by atoms with Gasteiger partial charge >= 0.3 is 0 Å². The van der Waals surface area contributed by atoms with Crippen LogP contribution in [0, 0.1) is 0 Å². The van der Waals surface area contributed by atoms with Gasteiger partial charge in [-0.3, -0.25) is 4.79 Å². The van der Waals surface area contributed by atoms with Gasteiger partial charge in [-0.15, -0.1) is 0 Å². The Morgan fingerprint density at radius 2 is 2.15 bits per heavy atom. The largest absolute Gasteiger partial charge is 0.377 e. The van der Waals surface area contributed by atoms with Crippen LogP contribution >= 0.6 is 11.6 Å². The van der Waals surface area contributed by atoms with E-state index in [4.69, 9.17) is 17.3 Å². The highest BCUT2D eigenvalue weighted by molar-refractivity contribution is 6.33. The summed E-state index contributed by atoms with van der Waals surface area (Å²) in [7, 11) is 0. The Hall–Kier alpha value is -2.60. The lowest BCUT2D eigenvalue weighted by molar-refractivity contribution is 0.100. The van der Waals surface area contributed by atoms with Gasteiger partial charge in [0.25, 0.3) is 5.91 Å². The van der Waals surface area contributed by atoms with Crippen molar-refractivity contribution >= 4 is 28.7 Å². The van der Waals surface area contributed by atoms with Crippen LogP contribution in [0.3, 0.4) is 0 Å².